The van der Waals surface area contributed by atoms with Crippen molar-refractivity contribution in [2.75, 3.05) is 17.7 Å². The van der Waals surface area contributed by atoms with E-state index in [4.69, 9.17) is 0 Å². The minimum absolute atomic E-state index is 0.0383. The minimum Gasteiger partial charge on any atom is -0.460 e. The highest BCUT2D eigenvalue weighted by Crippen LogP contribution is 2.34. The molecule has 3 rings (SSSR count). The maximum Gasteiger partial charge on any atom is 0.381 e. The van der Waals surface area contributed by atoms with E-state index >= 15 is 0 Å². The van der Waals surface area contributed by atoms with Gasteiger partial charge in [0.15, 0.2) is 5.13 Å². The van der Waals surface area contributed by atoms with Gasteiger partial charge in [0.25, 0.3) is 5.78 Å². The SMILES string of the molecule is CCOC(=O)C(=O)c1csc(NC(=O)CSc2ccc3ccccc3c2Br)n1. The van der Waals surface area contributed by atoms with Crippen molar-refractivity contribution in [3.8, 4) is 0 Å². The van der Waals surface area contributed by atoms with Crippen LogP contribution in [0.4, 0.5) is 5.13 Å². The summed E-state index contributed by atoms with van der Waals surface area (Å²) in [4.78, 5) is 40.4. The van der Waals surface area contributed by atoms with Gasteiger partial charge >= 0.3 is 5.97 Å². The van der Waals surface area contributed by atoms with Crippen molar-refractivity contribution in [1.29, 1.82) is 0 Å². The number of rotatable bonds is 7. The Hall–Kier alpha value is -2.23. The Labute approximate surface area is 177 Å². The Balaban J connectivity index is 1.60. The van der Waals surface area contributed by atoms with E-state index in [-0.39, 0.29) is 29.1 Å². The molecule has 1 aromatic heterocycles. The molecule has 1 N–H and O–H groups in total. The van der Waals surface area contributed by atoms with Gasteiger partial charge in [0, 0.05) is 14.7 Å². The first-order valence-electron chi connectivity index (χ1n) is 8.26. The standard InChI is InChI=1S/C19H15BrN2O4S2/c1-2-26-18(25)17(24)13-9-28-19(21-13)22-15(23)10-27-14-8-7-11-5-3-4-6-12(11)16(14)20/h3-9H,2,10H2,1H3,(H,21,22,23). The van der Waals surface area contributed by atoms with Crippen molar-refractivity contribution in [2.45, 2.75) is 11.8 Å². The van der Waals surface area contributed by atoms with Crippen LogP contribution in [0.5, 0.6) is 0 Å². The zero-order valence-electron chi connectivity index (χ0n) is 14.7. The summed E-state index contributed by atoms with van der Waals surface area (Å²) in [5.41, 5.74) is -0.0383. The van der Waals surface area contributed by atoms with Crippen molar-refractivity contribution in [3.63, 3.8) is 0 Å². The van der Waals surface area contributed by atoms with Crippen molar-refractivity contribution in [2.24, 2.45) is 0 Å². The Morgan fingerprint density at radius 1 is 1.21 bits per heavy atom. The second kappa shape index (κ2) is 9.31. The number of ether oxygens (including phenoxy) is 1. The van der Waals surface area contributed by atoms with E-state index < -0.39 is 11.8 Å². The Bertz CT molecular complexity index is 1050. The van der Waals surface area contributed by atoms with E-state index in [9.17, 15) is 14.4 Å². The highest BCUT2D eigenvalue weighted by atomic mass is 79.9. The third kappa shape index (κ3) is 4.78. The number of ketones is 1. The van der Waals surface area contributed by atoms with Crippen LogP contribution >= 0.6 is 39.0 Å². The average molecular weight is 479 g/mol. The van der Waals surface area contributed by atoms with Crippen LogP contribution in [0.2, 0.25) is 0 Å². The van der Waals surface area contributed by atoms with E-state index in [0.29, 0.717) is 0 Å². The minimum atomic E-state index is -0.956. The molecule has 0 spiro atoms. The van der Waals surface area contributed by atoms with Crippen molar-refractivity contribution >= 4 is 72.6 Å². The van der Waals surface area contributed by atoms with Crippen LogP contribution in [0.15, 0.2) is 51.1 Å². The predicted molar refractivity (Wildman–Crippen MR) is 114 cm³/mol. The fraction of sp³-hybridized carbons (Fsp3) is 0.158. The van der Waals surface area contributed by atoms with Crippen LogP contribution in [0.1, 0.15) is 17.4 Å². The number of thioether (sulfide) groups is 1. The first-order valence-corrected chi connectivity index (χ1v) is 10.9. The summed E-state index contributed by atoms with van der Waals surface area (Å²) < 4.78 is 5.60. The largest absolute Gasteiger partial charge is 0.460 e. The maximum absolute atomic E-state index is 12.2. The van der Waals surface area contributed by atoms with E-state index in [0.717, 1.165) is 31.5 Å². The van der Waals surface area contributed by atoms with Gasteiger partial charge in [0.2, 0.25) is 5.91 Å². The zero-order chi connectivity index (χ0) is 20.1. The fourth-order valence-electron chi connectivity index (χ4n) is 2.36. The van der Waals surface area contributed by atoms with Gasteiger partial charge in [-0.15, -0.1) is 23.1 Å². The molecule has 0 aliphatic heterocycles. The molecule has 0 aliphatic carbocycles. The van der Waals surface area contributed by atoms with Gasteiger partial charge in [-0.3, -0.25) is 9.59 Å². The number of esters is 1. The lowest BCUT2D eigenvalue weighted by atomic mass is 10.1. The lowest BCUT2D eigenvalue weighted by Crippen LogP contribution is -2.18. The van der Waals surface area contributed by atoms with Crippen molar-refractivity contribution < 1.29 is 19.1 Å². The Kier molecular flexibility index (Phi) is 6.82. The molecule has 0 unspecified atom stereocenters. The number of hydrogen-bond acceptors (Lipinski definition) is 7. The number of amides is 1. The molecule has 0 radical (unpaired) electrons. The third-order valence-electron chi connectivity index (χ3n) is 3.63. The number of nitrogens with one attached hydrogen (secondary N) is 1. The summed E-state index contributed by atoms with van der Waals surface area (Å²) in [6.07, 6.45) is 0. The molecule has 9 heteroatoms. The lowest BCUT2D eigenvalue weighted by molar-refractivity contribution is -0.137. The molecule has 2 aromatic carbocycles. The molecule has 0 aliphatic rings. The number of hydrogen-bond donors (Lipinski definition) is 1. The maximum atomic E-state index is 12.2. The highest BCUT2D eigenvalue weighted by Gasteiger charge is 2.21. The van der Waals surface area contributed by atoms with Gasteiger partial charge in [-0.2, -0.15) is 0 Å². The second-order valence-corrected chi connectivity index (χ2v) is 8.19. The summed E-state index contributed by atoms with van der Waals surface area (Å²) in [6.45, 7) is 1.73. The number of Topliss-reactive ketones (excluding diaryl/α,β-unsaturated/α-hetero) is 1. The fourth-order valence-corrected chi connectivity index (χ4v) is 4.66. The van der Waals surface area contributed by atoms with Crippen LogP contribution in [-0.4, -0.2) is 35.0 Å². The number of benzene rings is 2. The van der Waals surface area contributed by atoms with Gasteiger partial charge in [-0.1, -0.05) is 30.3 Å². The van der Waals surface area contributed by atoms with Crippen LogP contribution in [0, 0.1) is 0 Å². The summed E-state index contributed by atoms with van der Waals surface area (Å²) in [7, 11) is 0. The smallest absolute Gasteiger partial charge is 0.381 e. The molecular formula is C19H15BrN2O4S2. The van der Waals surface area contributed by atoms with E-state index in [2.05, 4.69) is 31.0 Å². The molecule has 1 amide bonds. The number of halogens is 1. The topological polar surface area (TPSA) is 85.4 Å². The summed E-state index contributed by atoms with van der Waals surface area (Å²) >= 11 is 6.07. The van der Waals surface area contributed by atoms with Crippen LogP contribution in [-0.2, 0) is 14.3 Å². The highest BCUT2D eigenvalue weighted by molar-refractivity contribution is 9.10. The normalized spacial score (nSPS) is 10.6. The number of thiazole rings is 1. The van der Waals surface area contributed by atoms with Gasteiger partial charge in [-0.05, 0) is 39.7 Å². The molecular weight excluding hydrogens is 464 g/mol. The van der Waals surface area contributed by atoms with Gasteiger partial charge in [-0.25, -0.2) is 9.78 Å². The zero-order valence-corrected chi connectivity index (χ0v) is 17.9. The summed E-state index contributed by atoms with van der Waals surface area (Å²) in [5.74, 6) is -1.86. The molecule has 0 atom stereocenters. The van der Waals surface area contributed by atoms with E-state index in [1.54, 1.807) is 6.92 Å². The number of anilines is 1. The second-order valence-electron chi connectivity index (χ2n) is 5.52. The number of carbonyl (C=O) groups excluding carboxylic acids is 3. The lowest BCUT2D eigenvalue weighted by Gasteiger charge is -2.07. The first kappa shape index (κ1) is 20.5. The quantitative estimate of drug-likeness (QED) is 0.232. The van der Waals surface area contributed by atoms with Crippen LogP contribution in [0.25, 0.3) is 10.8 Å². The van der Waals surface area contributed by atoms with Gasteiger partial charge < -0.3 is 10.1 Å². The molecule has 0 fully saturated rings. The summed E-state index contributed by atoms with van der Waals surface area (Å²) in [6, 6.07) is 12.0. The number of fused-ring (bicyclic) bond motifs is 1. The van der Waals surface area contributed by atoms with Gasteiger partial charge in [0.1, 0.15) is 5.69 Å². The number of carbonyl (C=O) groups is 3. The summed E-state index contributed by atoms with van der Waals surface area (Å²) in [5, 5.41) is 6.52. The third-order valence-corrected chi connectivity index (χ3v) is 6.56. The van der Waals surface area contributed by atoms with E-state index in [1.165, 1.54) is 17.1 Å². The predicted octanol–water partition coefficient (Wildman–Crippen LogP) is 4.54. The number of nitrogens with zero attached hydrogens (tertiary/aromatic N) is 1. The molecule has 0 saturated carbocycles. The molecule has 0 bridgehead atoms. The van der Waals surface area contributed by atoms with Crippen molar-refractivity contribution in [3.05, 3.63) is 51.9 Å². The van der Waals surface area contributed by atoms with Crippen molar-refractivity contribution in [1.82, 2.24) is 4.98 Å². The van der Waals surface area contributed by atoms with E-state index in [1.807, 2.05) is 36.4 Å². The number of aromatic nitrogens is 1. The Morgan fingerprint density at radius 2 is 2.00 bits per heavy atom. The molecule has 144 valence electrons. The molecule has 6 nitrogen and oxygen atoms in total. The van der Waals surface area contributed by atoms with Gasteiger partial charge in [0.05, 0.1) is 12.4 Å². The monoisotopic (exact) mass is 478 g/mol. The molecule has 1 heterocycles. The first-order chi connectivity index (χ1) is 13.5. The molecule has 3 aromatic rings. The molecule has 0 saturated heterocycles. The Morgan fingerprint density at radius 3 is 2.79 bits per heavy atom. The molecule has 28 heavy (non-hydrogen) atoms. The van der Waals surface area contributed by atoms with Crippen LogP contribution in [0.3, 0.4) is 0 Å². The van der Waals surface area contributed by atoms with Crippen LogP contribution < -0.4 is 5.32 Å². The average Bonchev–Trinajstić information content (AvgIpc) is 3.15.